The minimum atomic E-state index is -0.639. The molecule has 0 aromatic heterocycles. The van der Waals surface area contributed by atoms with Gasteiger partial charge in [-0.15, -0.1) is 0 Å². The van der Waals surface area contributed by atoms with Gasteiger partial charge >= 0.3 is 6.09 Å². The number of azide groups is 1. The summed E-state index contributed by atoms with van der Waals surface area (Å²) in [7, 11) is 0. The van der Waals surface area contributed by atoms with Crippen LogP contribution >= 0.6 is 0 Å². The topological polar surface area (TPSA) is 139 Å². The van der Waals surface area contributed by atoms with Crippen LogP contribution in [0.5, 0.6) is 0 Å². The Morgan fingerprint density at radius 2 is 2.24 bits per heavy atom. The van der Waals surface area contributed by atoms with Gasteiger partial charge in [0.25, 0.3) is 0 Å². The molecule has 0 bridgehead atoms. The van der Waals surface area contributed by atoms with Crippen molar-refractivity contribution < 1.29 is 9.53 Å². The predicted molar refractivity (Wildman–Crippen MR) is 64.1 cm³/mol. The van der Waals surface area contributed by atoms with E-state index in [4.69, 9.17) is 21.7 Å². The molecule has 0 atom stereocenters. The van der Waals surface area contributed by atoms with Crippen LogP contribution in [0.1, 0.15) is 0 Å². The van der Waals surface area contributed by atoms with Crippen molar-refractivity contribution >= 4 is 6.09 Å². The Balaban J connectivity index is 4.28. The highest BCUT2D eigenvalue weighted by Crippen LogP contribution is 2.13. The summed E-state index contributed by atoms with van der Waals surface area (Å²) < 4.78 is 4.73. The van der Waals surface area contributed by atoms with Crippen molar-refractivity contribution in [1.29, 1.82) is 0 Å². The molecular weight excluding hydrogens is 224 g/mol. The van der Waals surface area contributed by atoms with E-state index in [0.29, 0.717) is 0 Å². The zero-order chi connectivity index (χ0) is 13.1. The summed E-state index contributed by atoms with van der Waals surface area (Å²) in [5, 5.41) is 5.96. The number of hydrogen-bond donors (Lipinski definition) is 3. The third-order valence-corrected chi connectivity index (χ3v) is 2.28. The Hall–Kier alpha value is -1.76. The van der Waals surface area contributed by atoms with Crippen molar-refractivity contribution in [3.63, 3.8) is 0 Å². The Morgan fingerprint density at radius 3 is 2.71 bits per heavy atom. The van der Waals surface area contributed by atoms with Crippen LogP contribution in [0.2, 0.25) is 0 Å². The molecule has 8 nitrogen and oxygen atoms in total. The van der Waals surface area contributed by atoms with Crippen molar-refractivity contribution in [3.8, 4) is 0 Å². The van der Waals surface area contributed by atoms with Gasteiger partial charge in [-0.05, 0) is 5.53 Å². The zero-order valence-corrected chi connectivity index (χ0v) is 9.63. The lowest BCUT2D eigenvalue weighted by molar-refractivity contribution is 0.152. The van der Waals surface area contributed by atoms with Gasteiger partial charge in [-0.1, -0.05) is 17.8 Å². The van der Waals surface area contributed by atoms with Gasteiger partial charge in [0.05, 0.1) is 0 Å². The smallest absolute Gasteiger partial charge is 0.407 e. The second kappa shape index (κ2) is 8.40. The molecule has 8 heteroatoms. The minimum absolute atomic E-state index is 0.123. The third kappa shape index (κ3) is 5.76. The number of nitrogens with zero attached hydrogens (tertiary/aromatic N) is 3. The van der Waals surface area contributed by atoms with E-state index in [0.717, 1.165) is 0 Å². The highest BCUT2D eigenvalue weighted by molar-refractivity contribution is 5.67. The first-order valence-corrected chi connectivity index (χ1v) is 5.06. The molecule has 1 amide bonds. The standard InChI is InChI=1S/C9H18N6O2/c1-2-3-17-8(16)13-6-9(4-10,5-11)7-14-15-12/h2H,1,3-7,10-11H2,(H,13,16). The third-order valence-electron chi connectivity index (χ3n) is 2.28. The van der Waals surface area contributed by atoms with Gasteiger partial charge in [0.2, 0.25) is 0 Å². The van der Waals surface area contributed by atoms with E-state index in [9.17, 15) is 4.79 Å². The van der Waals surface area contributed by atoms with E-state index in [1.807, 2.05) is 0 Å². The number of alkyl carbamates (subject to hydrolysis) is 1. The fraction of sp³-hybridized carbons (Fsp3) is 0.667. The highest BCUT2D eigenvalue weighted by Gasteiger charge is 2.27. The average molecular weight is 242 g/mol. The Labute approximate surface area is 99.6 Å². The molecule has 17 heavy (non-hydrogen) atoms. The highest BCUT2D eigenvalue weighted by atomic mass is 16.5. The lowest BCUT2D eigenvalue weighted by Gasteiger charge is -2.29. The molecule has 5 N–H and O–H groups in total. The monoisotopic (exact) mass is 242 g/mol. The molecule has 0 heterocycles. The molecule has 0 saturated carbocycles. The molecule has 0 aliphatic rings. The summed E-state index contributed by atoms with van der Waals surface area (Å²) in [5.41, 5.74) is 18.8. The lowest BCUT2D eigenvalue weighted by Crippen LogP contribution is -2.49. The summed E-state index contributed by atoms with van der Waals surface area (Å²) in [6, 6.07) is 0. The van der Waals surface area contributed by atoms with Crippen LogP contribution in [0.25, 0.3) is 10.4 Å². The van der Waals surface area contributed by atoms with Crippen molar-refractivity contribution in [2.24, 2.45) is 22.0 Å². The maximum absolute atomic E-state index is 11.2. The van der Waals surface area contributed by atoms with Gasteiger partial charge in [-0.25, -0.2) is 4.79 Å². The fourth-order valence-electron chi connectivity index (χ4n) is 1.04. The number of nitrogens with two attached hydrogens (primary N) is 2. The molecule has 0 aromatic carbocycles. The zero-order valence-electron chi connectivity index (χ0n) is 9.63. The van der Waals surface area contributed by atoms with Crippen LogP contribution in [0.15, 0.2) is 17.8 Å². The van der Waals surface area contributed by atoms with Gasteiger partial charge in [0.15, 0.2) is 0 Å². The Kier molecular flexibility index (Phi) is 7.53. The fourth-order valence-corrected chi connectivity index (χ4v) is 1.04. The predicted octanol–water partition coefficient (Wildman–Crippen LogP) is 0.113. The van der Waals surface area contributed by atoms with E-state index in [2.05, 4.69) is 21.9 Å². The van der Waals surface area contributed by atoms with Crippen LogP contribution in [0.3, 0.4) is 0 Å². The summed E-state index contributed by atoms with van der Waals surface area (Å²) >= 11 is 0. The summed E-state index contributed by atoms with van der Waals surface area (Å²) in [4.78, 5) is 13.8. The number of amides is 1. The van der Waals surface area contributed by atoms with Crippen molar-refractivity contribution in [3.05, 3.63) is 23.1 Å². The van der Waals surface area contributed by atoms with Gasteiger partial charge in [-0.3, -0.25) is 0 Å². The normalized spacial score (nSPS) is 10.2. The molecular formula is C9H18N6O2. The van der Waals surface area contributed by atoms with Gasteiger partial charge < -0.3 is 21.5 Å². The maximum atomic E-state index is 11.2. The molecule has 0 spiro atoms. The average Bonchev–Trinajstić information content (AvgIpc) is 2.37. The molecule has 0 aliphatic carbocycles. The van der Waals surface area contributed by atoms with E-state index in [1.165, 1.54) is 6.08 Å². The Bertz CT molecular complexity index is 296. The number of hydrogen-bond acceptors (Lipinski definition) is 5. The second-order valence-electron chi connectivity index (χ2n) is 3.54. The molecule has 0 unspecified atom stereocenters. The summed E-state index contributed by atoms with van der Waals surface area (Å²) in [6.07, 6.45) is 0.871. The number of rotatable bonds is 8. The molecule has 0 saturated heterocycles. The van der Waals surface area contributed by atoms with Gasteiger partial charge in [0, 0.05) is 36.5 Å². The van der Waals surface area contributed by atoms with Crippen LogP contribution in [0.4, 0.5) is 4.79 Å². The first kappa shape index (κ1) is 15.2. The van der Waals surface area contributed by atoms with Crippen LogP contribution in [0, 0.1) is 5.41 Å². The quantitative estimate of drug-likeness (QED) is 0.240. The van der Waals surface area contributed by atoms with E-state index in [-0.39, 0.29) is 32.8 Å². The summed E-state index contributed by atoms with van der Waals surface area (Å²) in [6.45, 7) is 4.25. The maximum Gasteiger partial charge on any atom is 0.407 e. The van der Waals surface area contributed by atoms with Crippen LogP contribution in [-0.4, -0.2) is 38.9 Å². The largest absolute Gasteiger partial charge is 0.445 e. The molecule has 0 aromatic rings. The first-order chi connectivity index (χ1) is 8.14. The summed E-state index contributed by atoms with van der Waals surface area (Å²) in [5.74, 6) is 0. The van der Waals surface area contributed by atoms with Crippen LogP contribution in [-0.2, 0) is 4.74 Å². The SMILES string of the molecule is C=CCOC(=O)NCC(CN)(CN)CN=[N+]=[N-]. The molecule has 0 radical (unpaired) electrons. The lowest BCUT2D eigenvalue weighted by atomic mass is 9.88. The molecule has 0 rings (SSSR count). The minimum Gasteiger partial charge on any atom is -0.445 e. The molecule has 96 valence electrons. The molecule has 0 aliphatic heterocycles. The number of nitrogens with one attached hydrogen (secondary N) is 1. The van der Waals surface area contributed by atoms with Crippen LogP contribution < -0.4 is 16.8 Å². The van der Waals surface area contributed by atoms with Crippen molar-refractivity contribution in [2.75, 3.05) is 32.8 Å². The van der Waals surface area contributed by atoms with Crippen molar-refractivity contribution in [2.45, 2.75) is 0 Å². The van der Waals surface area contributed by atoms with E-state index in [1.54, 1.807) is 0 Å². The van der Waals surface area contributed by atoms with Gasteiger partial charge in [0.1, 0.15) is 6.61 Å². The number of carbonyl (C=O) groups is 1. The van der Waals surface area contributed by atoms with Gasteiger partial charge in [-0.2, -0.15) is 0 Å². The van der Waals surface area contributed by atoms with Crippen molar-refractivity contribution in [1.82, 2.24) is 5.32 Å². The molecule has 0 fully saturated rings. The Morgan fingerprint density at radius 1 is 1.59 bits per heavy atom. The van der Waals surface area contributed by atoms with E-state index < -0.39 is 11.5 Å². The van der Waals surface area contributed by atoms with E-state index >= 15 is 0 Å². The second-order valence-corrected chi connectivity index (χ2v) is 3.54. The number of ether oxygens (including phenoxy) is 1. The first-order valence-electron chi connectivity index (χ1n) is 5.06. The number of carbonyl (C=O) groups excluding carboxylic acids is 1.